The van der Waals surface area contributed by atoms with Gasteiger partial charge in [0, 0.05) is 7.11 Å². The number of Topliss-reactive ketones (excluding diaryl/α,β-unsaturated/α-hetero) is 1. The Kier molecular flexibility index (Phi) is 3.64. The van der Waals surface area contributed by atoms with Gasteiger partial charge in [0.2, 0.25) is 7.11 Å². The van der Waals surface area contributed by atoms with Gasteiger partial charge in [0.25, 0.3) is 0 Å². The number of ketones is 1. The van der Waals surface area contributed by atoms with Crippen molar-refractivity contribution >= 4 is 13.4 Å². The number of hydrogen-bond donors (Lipinski definition) is 0. The number of hydrogen-bond acceptors (Lipinski definition) is 4. The van der Waals surface area contributed by atoms with E-state index in [-0.39, 0.29) is 11.9 Å². The van der Waals surface area contributed by atoms with Gasteiger partial charge in [-0.25, -0.2) is 0 Å². The van der Waals surface area contributed by atoms with Crippen LogP contribution in [0.3, 0.4) is 0 Å². The molecule has 0 heterocycles. The largest absolute Gasteiger partial charge is 0.380 e. The molecule has 0 spiro atoms. The van der Waals surface area contributed by atoms with Crippen molar-refractivity contribution in [3.05, 3.63) is 7.11 Å². The minimum atomic E-state index is -3.20. The van der Waals surface area contributed by atoms with Gasteiger partial charge >= 0.3 is 7.60 Å². The Morgan fingerprint density at radius 2 is 2.20 bits per heavy atom. The van der Waals surface area contributed by atoms with Crippen LogP contribution in [0.2, 0.25) is 0 Å². The predicted octanol–water partition coefficient (Wildman–Crippen LogP) is 1.22. The molecule has 0 aromatic carbocycles. The van der Waals surface area contributed by atoms with Crippen LogP contribution in [0, 0.1) is 7.11 Å². The Morgan fingerprint density at radius 3 is 2.30 bits per heavy atom. The van der Waals surface area contributed by atoms with E-state index in [1.165, 1.54) is 14.0 Å². The third-order valence-electron chi connectivity index (χ3n) is 0.891. The second kappa shape index (κ2) is 3.76. The molecule has 10 heavy (non-hydrogen) atoms. The zero-order chi connectivity index (χ0) is 8.20. The summed E-state index contributed by atoms with van der Waals surface area (Å²) in [5.74, 6) is -0.242. The van der Waals surface area contributed by atoms with Gasteiger partial charge < -0.3 is 4.52 Å². The maximum absolute atomic E-state index is 11.0. The third-order valence-corrected chi connectivity index (χ3v) is 2.67. The Hall–Kier alpha value is -0.310. The summed E-state index contributed by atoms with van der Waals surface area (Å²) in [5.41, 5.74) is 0. The Bertz CT molecular complexity index is 157. The van der Waals surface area contributed by atoms with Crippen molar-refractivity contribution in [2.24, 2.45) is 0 Å². The van der Waals surface area contributed by atoms with Crippen molar-refractivity contribution < 1.29 is 18.4 Å². The molecule has 0 fully saturated rings. The summed E-state index contributed by atoms with van der Waals surface area (Å²) in [6.07, 6.45) is -0.215. The molecular weight excluding hydrogens is 155 g/mol. The molecule has 1 atom stereocenters. The van der Waals surface area contributed by atoms with E-state index < -0.39 is 7.60 Å². The van der Waals surface area contributed by atoms with E-state index >= 15 is 0 Å². The maximum Gasteiger partial charge on any atom is 0.380 e. The molecule has 4 nitrogen and oxygen atoms in total. The average molecular weight is 165 g/mol. The van der Waals surface area contributed by atoms with Gasteiger partial charge in [-0.05, 0) is 6.92 Å². The van der Waals surface area contributed by atoms with Gasteiger partial charge in [-0.3, -0.25) is 9.36 Å². The van der Waals surface area contributed by atoms with Gasteiger partial charge in [0.15, 0.2) is 0 Å². The van der Waals surface area contributed by atoms with E-state index in [2.05, 4.69) is 16.2 Å². The number of carbonyl (C=O) groups excluding carboxylic acids is 1. The quantitative estimate of drug-likeness (QED) is 0.464. The minimum Gasteiger partial charge on any atom is -0.309 e. The lowest BCUT2D eigenvalue weighted by Gasteiger charge is -2.05. The zero-order valence-electron chi connectivity index (χ0n) is 5.99. The maximum atomic E-state index is 11.0. The smallest absolute Gasteiger partial charge is 0.309 e. The van der Waals surface area contributed by atoms with Crippen LogP contribution in [0.4, 0.5) is 0 Å². The lowest BCUT2D eigenvalue weighted by molar-refractivity contribution is -0.114. The van der Waals surface area contributed by atoms with E-state index in [1.54, 1.807) is 0 Å². The molecule has 0 aliphatic heterocycles. The first-order valence-electron chi connectivity index (χ1n) is 2.62. The van der Waals surface area contributed by atoms with Gasteiger partial charge in [-0.2, -0.15) is 0 Å². The molecule has 0 aromatic rings. The van der Waals surface area contributed by atoms with E-state index in [9.17, 15) is 9.36 Å². The molecule has 0 aromatic heterocycles. The van der Waals surface area contributed by atoms with E-state index in [4.69, 9.17) is 0 Å². The third kappa shape index (κ3) is 3.01. The summed E-state index contributed by atoms with van der Waals surface area (Å²) in [5, 5.41) is 0. The van der Waals surface area contributed by atoms with E-state index in [0.717, 1.165) is 0 Å². The molecule has 0 bridgehead atoms. The molecule has 0 N–H and O–H groups in total. The number of rotatable bonds is 4. The highest BCUT2D eigenvalue weighted by molar-refractivity contribution is 7.54. The van der Waals surface area contributed by atoms with Gasteiger partial charge in [-0.15, -0.1) is 4.52 Å². The molecule has 0 saturated carbocycles. The first-order chi connectivity index (χ1) is 4.54. The molecule has 1 unspecified atom stereocenters. The van der Waals surface area contributed by atoms with Crippen molar-refractivity contribution in [1.82, 2.24) is 0 Å². The van der Waals surface area contributed by atoms with E-state index in [0.29, 0.717) is 0 Å². The molecule has 5 heteroatoms. The summed E-state index contributed by atoms with van der Waals surface area (Å²) >= 11 is 0. The lowest BCUT2D eigenvalue weighted by Crippen LogP contribution is -2.02. The summed E-state index contributed by atoms with van der Waals surface area (Å²) in [6.45, 7) is 1.31. The monoisotopic (exact) mass is 165 g/mol. The minimum absolute atomic E-state index is 0.215. The lowest BCUT2D eigenvalue weighted by atomic mass is 10.5. The molecule has 0 amide bonds. The van der Waals surface area contributed by atoms with Crippen molar-refractivity contribution in [2.45, 2.75) is 6.92 Å². The van der Waals surface area contributed by atoms with Crippen LogP contribution >= 0.6 is 7.60 Å². The van der Waals surface area contributed by atoms with Crippen LogP contribution in [0.5, 0.6) is 0 Å². The fraction of sp³-hybridized carbons (Fsp3) is 0.600. The van der Waals surface area contributed by atoms with Crippen molar-refractivity contribution in [2.75, 3.05) is 13.3 Å². The van der Waals surface area contributed by atoms with Crippen molar-refractivity contribution in [3.8, 4) is 0 Å². The normalized spacial score (nSPS) is 16.2. The fourth-order valence-corrected chi connectivity index (χ4v) is 1.31. The topological polar surface area (TPSA) is 52.6 Å². The first-order valence-corrected chi connectivity index (χ1v) is 4.35. The summed E-state index contributed by atoms with van der Waals surface area (Å²) < 4.78 is 19.7. The second-order valence-corrected chi connectivity index (χ2v) is 3.94. The van der Waals surface area contributed by atoms with E-state index in [1.807, 2.05) is 0 Å². The molecule has 58 valence electrons. The molecule has 0 saturated heterocycles. The van der Waals surface area contributed by atoms with Crippen molar-refractivity contribution in [1.29, 1.82) is 0 Å². The standard InChI is InChI=1S/C5H10O4P/c1-5(6)4-10(7,8-2)9-3/h2,4H2,1,3H3/q+1. The van der Waals surface area contributed by atoms with Gasteiger partial charge in [-0.1, -0.05) is 0 Å². The molecular formula is C5H10O4P+. The summed E-state index contributed by atoms with van der Waals surface area (Å²) in [7, 11) is 0.961. The molecule has 0 radical (unpaired) electrons. The summed E-state index contributed by atoms with van der Waals surface area (Å²) in [4.78, 5) is 10.4. The summed E-state index contributed by atoms with van der Waals surface area (Å²) in [6, 6.07) is 0. The number of carbonyl (C=O) groups is 1. The van der Waals surface area contributed by atoms with Crippen LogP contribution in [0.1, 0.15) is 6.92 Å². The zero-order valence-corrected chi connectivity index (χ0v) is 6.89. The van der Waals surface area contributed by atoms with Gasteiger partial charge in [0.05, 0.1) is 0 Å². The highest BCUT2D eigenvalue weighted by Crippen LogP contribution is 2.46. The first kappa shape index (κ1) is 9.69. The Balaban J connectivity index is 4.07. The van der Waals surface area contributed by atoms with Crippen LogP contribution in [-0.4, -0.2) is 19.1 Å². The highest BCUT2D eigenvalue weighted by Gasteiger charge is 2.26. The fourth-order valence-electron chi connectivity index (χ4n) is 0.436. The van der Waals surface area contributed by atoms with Gasteiger partial charge in [0.1, 0.15) is 11.9 Å². The molecule has 0 aliphatic carbocycles. The van der Waals surface area contributed by atoms with Crippen LogP contribution in [0.25, 0.3) is 0 Å². The van der Waals surface area contributed by atoms with Crippen molar-refractivity contribution in [3.63, 3.8) is 0 Å². The SMILES string of the molecule is [CH2+]OP(=O)(CC(C)=O)OC. The Labute approximate surface area is 60.1 Å². The molecule has 0 rings (SSSR count). The van der Waals surface area contributed by atoms with Crippen LogP contribution in [0.15, 0.2) is 0 Å². The second-order valence-electron chi connectivity index (χ2n) is 1.78. The Morgan fingerprint density at radius 1 is 1.70 bits per heavy atom. The highest BCUT2D eigenvalue weighted by atomic mass is 31.2. The van der Waals surface area contributed by atoms with Crippen LogP contribution < -0.4 is 0 Å². The van der Waals surface area contributed by atoms with Crippen LogP contribution in [-0.2, 0) is 18.4 Å². The predicted molar refractivity (Wildman–Crippen MR) is 36.6 cm³/mol. The average Bonchev–Trinajstić information content (AvgIpc) is 1.87. The molecule has 0 aliphatic rings.